The molecule has 1 atom stereocenters. The summed E-state index contributed by atoms with van der Waals surface area (Å²) in [6.07, 6.45) is 13.3. The van der Waals surface area contributed by atoms with Crippen LogP contribution in [0.2, 0.25) is 0 Å². The highest BCUT2D eigenvalue weighted by Gasteiger charge is 2.17. The Morgan fingerprint density at radius 3 is 2.38 bits per heavy atom. The molecule has 0 aliphatic heterocycles. The molecule has 2 rings (SSSR count). The van der Waals surface area contributed by atoms with Gasteiger partial charge < -0.3 is 5.11 Å². The van der Waals surface area contributed by atoms with Crippen molar-refractivity contribution in [2.75, 3.05) is 0 Å². The Kier molecular flexibility index (Phi) is 4.28. The van der Waals surface area contributed by atoms with Crippen LogP contribution in [0.5, 0.6) is 0 Å². The van der Waals surface area contributed by atoms with Gasteiger partial charge in [0.15, 0.2) is 0 Å². The Hall–Kier alpha value is -0.960. The number of hydrogen-bond donors (Lipinski definition) is 1. The van der Waals surface area contributed by atoms with Crippen molar-refractivity contribution < 1.29 is 5.11 Å². The SMILES string of the molecule is OC(CC1CCCCCC1)c1cncnc1. The quantitative estimate of drug-likeness (QED) is 0.797. The molecule has 88 valence electrons. The zero-order valence-corrected chi connectivity index (χ0v) is 9.68. The van der Waals surface area contributed by atoms with E-state index in [0.29, 0.717) is 5.92 Å². The van der Waals surface area contributed by atoms with E-state index in [-0.39, 0.29) is 6.10 Å². The van der Waals surface area contributed by atoms with Gasteiger partial charge in [-0.05, 0) is 12.3 Å². The van der Waals surface area contributed by atoms with E-state index < -0.39 is 0 Å². The molecule has 1 saturated carbocycles. The second-order valence-electron chi connectivity index (χ2n) is 4.78. The van der Waals surface area contributed by atoms with Crippen LogP contribution >= 0.6 is 0 Å². The van der Waals surface area contributed by atoms with Gasteiger partial charge in [-0.2, -0.15) is 0 Å². The van der Waals surface area contributed by atoms with E-state index in [4.69, 9.17) is 0 Å². The van der Waals surface area contributed by atoms with Crippen LogP contribution in [0.3, 0.4) is 0 Å². The van der Waals surface area contributed by atoms with Crippen LogP contribution in [-0.2, 0) is 0 Å². The molecule has 1 fully saturated rings. The second kappa shape index (κ2) is 5.94. The molecule has 3 heteroatoms. The Labute approximate surface area is 96.9 Å². The summed E-state index contributed by atoms with van der Waals surface area (Å²) in [6.45, 7) is 0. The normalized spacial score (nSPS) is 20.3. The van der Waals surface area contributed by atoms with Crippen molar-refractivity contribution in [1.29, 1.82) is 0 Å². The lowest BCUT2D eigenvalue weighted by atomic mass is 9.92. The van der Waals surface area contributed by atoms with Crippen molar-refractivity contribution in [3.8, 4) is 0 Å². The maximum atomic E-state index is 10.1. The summed E-state index contributed by atoms with van der Waals surface area (Å²) < 4.78 is 0. The molecule has 1 aromatic rings. The average molecular weight is 220 g/mol. The van der Waals surface area contributed by atoms with Crippen LogP contribution in [0, 0.1) is 5.92 Å². The van der Waals surface area contributed by atoms with E-state index in [1.54, 1.807) is 12.4 Å². The van der Waals surface area contributed by atoms with Gasteiger partial charge in [-0.3, -0.25) is 0 Å². The predicted octanol–water partition coefficient (Wildman–Crippen LogP) is 2.87. The molecule has 0 amide bonds. The molecule has 0 spiro atoms. The lowest BCUT2D eigenvalue weighted by Gasteiger charge is -2.18. The average Bonchev–Trinajstić information content (AvgIpc) is 2.59. The van der Waals surface area contributed by atoms with Crippen LogP contribution in [0.25, 0.3) is 0 Å². The van der Waals surface area contributed by atoms with Crippen molar-refractivity contribution in [2.24, 2.45) is 5.92 Å². The molecular formula is C13H20N2O. The lowest BCUT2D eigenvalue weighted by Crippen LogP contribution is -2.07. The van der Waals surface area contributed by atoms with Gasteiger partial charge in [0.05, 0.1) is 6.10 Å². The van der Waals surface area contributed by atoms with Crippen molar-refractivity contribution in [1.82, 2.24) is 9.97 Å². The van der Waals surface area contributed by atoms with E-state index >= 15 is 0 Å². The molecule has 1 aromatic heterocycles. The highest BCUT2D eigenvalue weighted by molar-refractivity contribution is 5.06. The van der Waals surface area contributed by atoms with Crippen molar-refractivity contribution in [3.05, 3.63) is 24.3 Å². The minimum absolute atomic E-state index is 0.385. The summed E-state index contributed by atoms with van der Waals surface area (Å²) in [6, 6.07) is 0. The minimum Gasteiger partial charge on any atom is -0.388 e. The third-order valence-corrected chi connectivity index (χ3v) is 3.50. The maximum absolute atomic E-state index is 10.1. The smallest absolute Gasteiger partial charge is 0.115 e. The summed E-state index contributed by atoms with van der Waals surface area (Å²) in [5.41, 5.74) is 0.853. The topological polar surface area (TPSA) is 46.0 Å². The van der Waals surface area contributed by atoms with E-state index in [9.17, 15) is 5.11 Å². The summed E-state index contributed by atoms with van der Waals surface area (Å²) in [5.74, 6) is 0.678. The molecule has 0 aromatic carbocycles. The predicted molar refractivity (Wildman–Crippen MR) is 62.8 cm³/mol. The Balaban J connectivity index is 1.88. The van der Waals surface area contributed by atoms with Gasteiger partial charge in [-0.25, -0.2) is 9.97 Å². The number of rotatable bonds is 3. The number of aliphatic hydroxyl groups is 1. The van der Waals surface area contributed by atoms with Crippen LogP contribution in [0.15, 0.2) is 18.7 Å². The molecule has 0 radical (unpaired) electrons. The van der Waals surface area contributed by atoms with E-state index in [1.165, 1.54) is 44.9 Å². The van der Waals surface area contributed by atoms with Crippen molar-refractivity contribution in [3.63, 3.8) is 0 Å². The van der Waals surface area contributed by atoms with E-state index in [1.807, 2.05) is 0 Å². The molecular weight excluding hydrogens is 200 g/mol. The molecule has 1 unspecified atom stereocenters. The number of hydrogen-bond acceptors (Lipinski definition) is 3. The van der Waals surface area contributed by atoms with Gasteiger partial charge in [0.2, 0.25) is 0 Å². The summed E-state index contributed by atoms with van der Waals surface area (Å²) >= 11 is 0. The van der Waals surface area contributed by atoms with Gasteiger partial charge in [0, 0.05) is 18.0 Å². The Morgan fingerprint density at radius 1 is 1.12 bits per heavy atom. The Bertz CT molecular complexity index is 294. The standard InChI is InChI=1S/C13H20N2O/c16-13(12-8-14-10-15-9-12)7-11-5-3-1-2-4-6-11/h8-11,13,16H,1-7H2. The Morgan fingerprint density at radius 2 is 1.75 bits per heavy atom. The van der Waals surface area contributed by atoms with Crippen molar-refractivity contribution in [2.45, 2.75) is 51.0 Å². The summed E-state index contributed by atoms with van der Waals surface area (Å²) in [7, 11) is 0. The minimum atomic E-state index is -0.385. The maximum Gasteiger partial charge on any atom is 0.115 e. The first-order valence-corrected chi connectivity index (χ1v) is 6.29. The fourth-order valence-corrected chi connectivity index (χ4v) is 2.53. The van der Waals surface area contributed by atoms with Crippen LogP contribution < -0.4 is 0 Å². The molecule has 1 aliphatic carbocycles. The largest absolute Gasteiger partial charge is 0.388 e. The number of nitrogens with zero attached hydrogens (tertiary/aromatic N) is 2. The first kappa shape index (κ1) is 11.5. The van der Waals surface area contributed by atoms with Gasteiger partial charge in [-0.15, -0.1) is 0 Å². The second-order valence-corrected chi connectivity index (χ2v) is 4.78. The summed E-state index contributed by atoms with van der Waals surface area (Å²) in [4.78, 5) is 7.89. The van der Waals surface area contributed by atoms with E-state index in [0.717, 1.165) is 12.0 Å². The zero-order valence-electron chi connectivity index (χ0n) is 9.68. The molecule has 0 saturated heterocycles. The molecule has 1 N–H and O–H groups in total. The lowest BCUT2D eigenvalue weighted by molar-refractivity contribution is 0.138. The highest BCUT2D eigenvalue weighted by Crippen LogP contribution is 2.30. The van der Waals surface area contributed by atoms with Gasteiger partial charge in [0.1, 0.15) is 6.33 Å². The zero-order chi connectivity index (χ0) is 11.2. The van der Waals surface area contributed by atoms with Gasteiger partial charge in [0.25, 0.3) is 0 Å². The monoisotopic (exact) mass is 220 g/mol. The summed E-state index contributed by atoms with van der Waals surface area (Å²) in [5, 5.41) is 10.1. The van der Waals surface area contributed by atoms with Gasteiger partial charge >= 0.3 is 0 Å². The van der Waals surface area contributed by atoms with Crippen LogP contribution in [0.1, 0.15) is 56.6 Å². The molecule has 1 aliphatic rings. The number of aromatic nitrogens is 2. The molecule has 3 nitrogen and oxygen atoms in total. The third-order valence-electron chi connectivity index (χ3n) is 3.50. The molecule has 1 heterocycles. The first-order chi connectivity index (χ1) is 7.86. The van der Waals surface area contributed by atoms with Crippen LogP contribution in [-0.4, -0.2) is 15.1 Å². The van der Waals surface area contributed by atoms with Crippen LogP contribution in [0.4, 0.5) is 0 Å². The molecule has 16 heavy (non-hydrogen) atoms. The highest BCUT2D eigenvalue weighted by atomic mass is 16.3. The fraction of sp³-hybridized carbons (Fsp3) is 0.692. The van der Waals surface area contributed by atoms with E-state index in [2.05, 4.69) is 9.97 Å². The van der Waals surface area contributed by atoms with Crippen molar-refractivity contribution >= 4 is 0 Å². The fourth-order valence-electron chi connectivity index (χ4n) is 2.53. The number of aliphatic hydroxyl groups excluding tert-OH is 1. The molecule has 0 bridgehead atoms. The third kappa shape index (κ3) is 3.27. The first-order valence-electron chi connectivity index (χ1n) is 6.29. The van der Waals surface area contributed by atoms with Gasteiger partial charge in [-0.1, -0.05) is 38.5 Å².